The molecule has 1 saturated heterocycles. The molecule has 0 amide bonds. The molecule has 3 fully saturated rings. The Morgan fingerprint density at radius 3 is 2.38 bits per heavy atom. The molecule has 1 heteroatoms. The molecule has 13 heavy (non-hydrogen) atoms. The molecule has 1 heterocycles. The van der Waals surface area contributed by atoms with Crippen molar-refractivity contribution >= 4 is 0 Å². The van der Waals surface area contributed by atoms with E-state index in [9.17, 15) is 0 Å². The predicted octanol–water partition coefficient (Wildman–Crippen LogP) is 2.71. The summed E-state index contributed by atoms with van der Waals surface area (Å²) in [4.78, 5) is 0. The van der Waals surface area contributed by atoms with Crippen LogP contribution in [0.5, 0.6) is 0 Å². The van der Waals surface area contributed by atoms with Crippen molar-refractivity contribution in [3.8, 4) is 0 Å². The molecule has 2 saturated carbocycles. The normalized spacial score (nSPS) is 36.5. The fourth-order valence-electron chi connectivity index (χ4n) is 3.36. The first-order chi connectivity index (χ1) is 6.39. The van der Waals surface area contributed by atoms with Crippen LogP contribution in [0.1, 0.15) is 51.4 Å². The SMILES string of the molecule is C1CCC2(C1)CNC2CCC1CC1. The first-order valence-electron chi connectivity index (χ1n) is 6.12. The minimum absolute atomic E-state index is 0.787. The van der Waals surface area contributed by atoms with Gasteiger partial charge in [-0.3, -0.25) is 0 Å². The minimum atomic E-state index is 0.787. The first-order valence-corrected chi connectivity index (χ1v) is 6.12. The van der Waals surface area contributed by atoms with Gasteiger partial charge >= 0.3 is 0 Å². The Morgan fingerprint density at radius 1 is 1.08 bits per heavy atom. The average Bonchev–Trinajstić information content (AvgIpc) is 2.80. The van der Waals surface area contributed by atoms with E-state index < -0.39 is 0 Å². The molecule has 1 spiro atoms. The second-order valence-corrected chi connectivity index (χ2v) is 5.52. The molecule has 0 aromatic rings. The summed E-state index contributed by atoms with van der Waals surface area (Å²) in [7, 11) is 0. The third-order valence-electron chi connectivity index (χ3n) is 4.60. The maximum atomic E-state index is 3.66. The number of nitrogens with one attached hydrogen (secondary N) is 1. The molecule has 1 N–H and O–H groups in total. The molecular formula is C12H21N. The van der Waals surface area contributed by atoms with E-state index in [-0.39, 0.29) is 0 Å². The fraction of sp³-hybridized carbons (Fsp3) is 1.00. The van der Waals surface area contributed by atoms with Crippen LogP contribution in [-0.2, 0) is 0 Å². The van der Waals surface area contributed by atoms with E-state index in [1.807, 2.05) is 0 Å². The largest absolute Gasteiger partial charge is 0.313 e. The van der Waals surface area contributed by atoms with Gasteiger partial charge in [-0.2, -0.15) is 0 Å². The predicted molar refractivity (Wildman–Crippen MR) is 54.6 cm³/mol. The van der Waals surface area contributed by atoms with Crippen LogP contribution < -0.4 is 5.32 Å². The maximum absolute atomic E-state index is 3.66. The summed E-state index contributed by atoms with van der Waals surface area (Å²) in [6.45, 7) is 1.34. The van der Waals surface area contributed by atoms with Gasteiger partial charge in [0.2, 0.25) is 0 Å². The smallest absolute Gasteiger partial charge is 0.0136 e. The second-order valence-electron chi connectivity index (χ2n) is 5.52. The lowest BCUT2D eigenvalue weighted by Gasteiger charge is -2.49. The van der Waals surface area contributed by atoms with E-state index in [1.165, 1.54) is 57.9 Å². The molecule has 1 atom stereocenters. The van der Waals surface area contributed by atoms with Crippen molar-refractivity contribution in [1.82, 2.24) is 5.32 Å². The van der Waals surface area contributed by atoms with Gasteiger partial charge in [0.25, 0.3) is 0 Å². The van der Waals surface area contributed by atoms with E-state index in [0.717, 1.165) is 17.4 Å². The van der Waals surface area contributed by atoms with Crippen molar-refractivity contribution in [3.05, 3.63) is 0 Å². The van der Waals surface area contributed by atoms with Crippen molar-refractivity contribution in [2.75, 3.05) is 6.54 Å². The van der Waals surface area contributed by atoms with Crippen molar-refractivity contribution < 1.29 is 0 Å². The van der Waals surface area contributed by atoms with Gasteiger partial charge in [0, 0.05) is 12.6 Å². The van der Waals surface area contributed by atoms with Gasteiger partial charge in [0.15, 0.2) is 0 Å². The molecule has 1 aliphatic heterocycles. The van der Waals surface area contributed by atoms with Crippen molar-refractivity contribution in [2.24, 2.45) is 11.3 Å². The lowest BCUT2D eigenvalue weighted by Crippen LogP contribution is -2.61. The zero-order chi connectivity index (χ0) is 8.73. The van der Waals surface area contributed by atoms with Crippen LogP contribution in [0, 0.1) is 11.3 Å². The summed E-state index contributed by atoms with van der Waals surface area (Å²) in [5.74, 6) is 1.13. The van der Waals surface area contributed by atoms with E-state index in [4.69, 9.17) is 0 Å². The molecule has 2 aliphatic carbocycles. The Kier molecular flexibility index (Phi) is 1.90. The Hall–Kier alpha value is -0.0400. The van der Waals surface area contributed by atoms with Crippen LogP contribution in [0.4, 0.5) is 0 Å². The highest BCUT2D eigenvalue weighted by molar-refractivity contribution is 5.04. The van der Waals surface area contributed by atoms with Crippen LogP contribution in [0.3, 0.4) is 0 Å². The Labute approximate surface area is 81.3 Å². The summed E-state index contributed by atoms with van der Waals surface area (Å²) in [6.07, 6.45) is 12.1. The van der Waals surface area contributed by atoms with Crippen molar-refractivity contribution in [1.29, 1.82) is 0 Å². The molecule has 1 nitrogen and oxygen atoms in total. The van der Waals surface area contributed by atoms with Gasteiger partial charge < -0.3 is 5.32 Å². The highest BCUT2D eigenvalue weighted by atomic mass is 15.0. The van der Waals surface area contributed by atoms with Crippen LogP contribution in [0.15, 0.2) is 0 Å². The summed E-state index contributed by atoms with van der Waals surface area (Å²) < 4.78 is 0. The van der Waals surface area contributed by atoms with Crippen LogP contribution in [0.25, 0.3) is 0 Å². The van der Waals surface area contributed by atoms with Gasteiger partial charge in [-0.25, -0.2) is 0 Å². The quantitative estimate of drug-likeness (QED) is 0.702. The van der Waals surface area contributed by atoms with Crippen molar-refractivity contribution in [2.45, 2.75) is 57.4 Å². The number of rotatable bonds is 3. The minimum Gasteiger partial charge on any atom is -0.313 e. The van der Waals surface area contributed by atoms with Gasteiger partial charge in [0.05, 0.1) is 0 Å². The van der Waals surface area contributed by atoms with Gasteiger partial charge in [-0.1, -0.05) is 25.7 Å². The zero-order valence-corrected chi connectivity index (χ0v) is 8.52. The fourth-order valence-corrected chi connectivity index (χ4v) is 3.36. The Balaban J connectivity index is 1.52. The summed E-state index contributed by atoms with van der Waals surface area (Å²) in [5.41, 5.74) is 0.787. The van der Waals surface area contributed by atoms with E-state index in [0.29, 0.717) is 0 Å². The summed E-state index contributed by atoms with van der Waals surface area (Å²) in [6, 6.07) is 0.913. The summed E-state index contributed by atoms with van der Waals surface area (Å²) in [5, 5.41) is 3.66. The van der Waals surface area contributed by atoms with Crippen LogP contribution >= 0.6 is 0 Å². The average molecular weight is 179 g/mol. The Bertz CT molecular complexity index is 189. The Morgan fingerprint density at radius 2 is 1.85 bits per heavy atom. The molecule has 0 bridgehead atoms. The zero-order valence-electron chi connectivity index (χ0n) is 8.52. The molecule has 3 aliphatic rings. The third kappa shape index (κ3) is 1.41. The molecule has 0 aromatic heterocycles. The molecule has 1 unspecified atom stereocenters. The highest BCUT2D eigenvalue weighted by Crippen LogP contribution is 2.48. The highest BCUT2D eigenvalue weighted by Gasteiger charge is 2.47. The standard InChI is InChI=1S/C12H21N/c1-2-8-12(7-1)9-13-11(12)6-5-10-3-4-10/h10-11,13H,1-9H2. The lowest BCUT2D eigenvalue weighted by molar-refractivity contribution is 0.0800. The molecule has 3 rings (SSSR count). The monoisotopic (exact) mass is 179 g/mol. The first kappa shape index (κ1) is 8.28. The van der Waals surface area contributed by atoms with E-state index in [1.54, 1.807) is 0 Å². The van der Waals surface area contributed by atoms with Gasteiger partial charge in [-0.15, -0.1) is 0 Å². The number of hydrogen-bond acceptors (Lipinski definition) is 1. The number of hydrogen-bond donors (Lipinski definition) is 1. The van der Waals surface area contributed by atoms with Crippen LogP contribution in [0.2, 0.25) is 0 Å². The molecule has 0 radical (unpaired) electrons. The van der Waals surface area contributed by atoms with Crippen molar-refractivity contribution in [3.63, 3.8) is 0 Å². The molecule has 74 valence electrons. The second kappa shape index (κ2) is 2.98. The topological polar surface area (TPSA) is 12.0 Å². The molecular weight excluding hydrogens is 158 g/mol. The van der Waals surface area contributed by atoms with Crippen LogP contribution in [-0.4, -0.2) is 12.6 Å². The van der Waals surface area contributed by atoms with Gasteiger partial charge in [-0.05, 0) is 37.0 Å². The van der Waals surface area contributed by atoms with E-state index in [2.05, 4.69) is 5.32 Å². The lowest BCUT2D eigenvalue weighted by atomic mass is 9.70. The van der Waals surface area contributed by atoms with Gasteiger partial charge in [0.1, 0.15) is 0 Å². The van der Waals surface area contributed by atoms with E-state index >= 15 is 0 Å². The molecule has 0 aromatic carbocycles. The summed E-state index contributed by atoms with van der Waals surface area (Å²) >= 11 is 0. The maximum Gasteiger partial charge on any atom is 0.0136 e. The third-order valence-corrected chi connectivity index (χ3v) is 4.60.